The van der Waals surface area contributed by atoms with Crippen molar-refractivity contribution in [1.29, 1.82) is 0 Å². The quantitative estimate of drug-likeness (QED) is 0.351. The van der Waals surface area contributed by atoms with E-state index in [1.165, 1.54) is 30.1 Å². The molecule has 0 aromatic heterocycles. The fraction of sp³-hybridized carbons (Fsp3) is 0.286. The second kappa shape index (κ2) is 11.1. The van der Waals surface area contributed by atoms with Crippen molar-refractivity contribution in [3.8, 4) is 0 Å². The first-order valence-corrected chi connectivity index (χ1v) is 11.0. The third-order valence-corrected chi connectivity index (χ3v) is 5.52. The zero-order chi connectivity index (χ0) is 22.1. The van der Waals surface area contributed by atoms with Crippen molar-refractivity contribution in [3.63, 3.8) is 0 Å². The molecule has 0 bridgehead atoms. The topological polar surface area (TPSA) is 117 Å². The van der Waals surface area contributed by atoms with Crippen LogP contribution in [0.4, 0.5) is 17.1 Å². The number of hydrogen-bond acceptors (Lipinski definition) is 7. The first-order chi connectivity index (χ1) is 15.0. The third-order valence-electron chi connectivity index (χ3n) is 4.59. The number of nitrogens with zero attached hydrogens (tertiary/aromatic N) is 3. The molecular weight excluding hydrogens is 418 g/mol. The van der Waals surface area contributed by atoms with E-state index in [2.05, 4.69) is 20.7 Å². The standard InChI is InChI=1S/C21H23N5O4S/c27-20(23-17-6-2-1-3-7-17)14-31-15-21(28)24-22-13-16-12-18(26(29)30)8-9-19(16)25-10-4-5-11-25/h1-3,6-9,12-13H,4-5,10-11,14-15H2,(H,23,27)(H,24,28)/b22-13+. The second-order valence-corrected chi connectivity index (χ2v) is 7.88. The van der Waals surface area contributed by atoms with Gasteiger partial charge in [-0.3, -0.25) is 19.7 Å². The van der Waals surface area contributed by atoms with E-state index in [-0.39, 0.29) is 29.0 Å². The third kappa shape index (κ3) is 6.82. The first-order valence-electron chi connectivity index (χ1n) is 9.81. The van der Waals surface area contributed by atoms with E-state index in [0.717, 1.165) is 31.6 Å². The molecule has 0 unspecified atom stereocenters. The summed E-state index contributed by atoms with van der Waals surface area (Å²) in [6, 6.07) is 13.7. The van der Waals surface area contributed by atoms with E-state index in [1.807, 2.05) is 18.2 Å². The highest BCUT2D eigenvalue weighted by molar-refractivity contribution is 8.00. The summed E-state index contributed by atoms with van der Waals surface area (Å²) in [4.78, 5) is 36.7. The molecule has 0 atom stereocenters. The number of carbonyl (C=O) groups excluding carboxylic acids is 2. The number of hydrogen-bond donors (Lipinski definition) is 2. The van der Waals surface area contributed by atoms with Gasteiger partial charge in [0, 0.05) is 42.2 Å². The fourth-order valence-corrected chi connectivity index (χ4v) is 3.78. The highest BCUT2D eigenvalue weighted by Crippen LogP contribution is 2.27. The van der Waals surface area contributed by atoms with Gasteiger partial charge in [-0.1, -0.05) is 18.2 Å². The van der Waals surface area contributed by atoms with Crippen LogP contribution in [-0.2, 0) is 9.59 Å². The van der Waals surface area contributed by atoms with Crippen LogP contribution < -0.4 is 15.6 Å². The summed E-state index contributed by atoms with van der Waals surface area (Å²) in [6.45, 7) is 1.76. The molecule has 2 amide bonds. The van der Waals surface area contributed by atoms with Gasteiger partial charge in [0.1, 0.15) is 0 Å². The number of rotatable bonds is 9. The molecule has 1 heterocycles. The Hall–Kier alpha value is -3.40. The lowest BCUT2D eigenvalue weighted by Crippen LogP contribution is -2.22. The minimum atomic E-state index is -0.458. The first kappa shape index (κ1) is 22.3. The zero-order valence-electron chi connectivity index (χ0n) is 16.8. The maximum atomic E-state index is 12.0. The van der Waals surface area contributed by atoms with Crippen molar-refractivity contribution in [2.45, 2.75) is 12.8 Å². The molecule has 9 nitrogen and oxygen atoms in total. The number of para-hydroxylation sites is 1. The van der Waals surface area contributed by atoms with Crippen LogP contribution in [-0.4, -0.2) is 47.5 Å². The van der Waals surface area contributed by atoms with Crippen molar-refractivity contribution in [2.24, 2.45) is 5.10 Å². The molecule has 31 heavy (non-hydrogen) atoms. The van der Waals surface area contributed by atoms with Crippen molar-refractivity contribution in [3.05, 3.63) is 64.2 Å². The van der Waals surface area contributed by atoms with Crippen LogP contribution in [0.25, 0.3) is 0 Å². The Morgan fingerprint density at radius 3 is 2.52 bits per heavy atom. The van der Waals surface area contributed by atoms with Gasteiger partial charge in [0.05, 0.1) is 22.6 Å². The molecule has 0 aliphatic carbocycles. The van der Waals surface area contributed by atoms with Gasteiger partial charge in [0.15, 0.2) is 0 Å². The molecule has 3 rings (SSSR count). The van der Waals surface area contributed by atoms with Crippen molar-refractivity contribution < 1.29 is 14.5 Å². The monoisotopic (exact) mass is 441 g/mol. The Kier molecular flexibility index (Phi) is 7.99. The molecule has 0 spiro atoms. The minimum Gasteiger partial charge on any atom is -0.371 e. The van der Waals surface area contributed by atoms with E-state index in [0.29, 0.717) is 11.3 Å². The maximum Gasteiger partial charge on any atom is 0.270 e. The number of hydrazone groups is 1. The summed E-state index contributed by atoms with van der Waals surface area (Å²) >= 11 is 1.17. The van der Waals surface area contributed by atoms with E-state index in [1.54, 1.807) is 18.2 Å². The highest BCUT2D eigenvalue weighted by atomic mass is 32.2. The SMILES string of the molecule is O=C(CSCC(=O)Nc1ccccc1)N/N=C/c1cc([N+](=O)[O-])ccc1N1CCCC1. The largest absolute Gasteiger partial charge is 0.371 e. The van der Waals surface area contributed by atoms with Gasteiger partial charge in [0.2, 0.25) is 11.8 Å². The molecule has 0 saturated carbocycles. The lowest BCUT2D eigenvalue weighted by molar-refractivity contribution is -0.384. The summed E-state index contributed by atoms with van der Waals surface area (Å²) < 4.78 is 0. The molecule has 10 heteroatoms. The van der Waals surface area contributed by atoms with E-state index < -0.39 is 4.92 Å². The number of nitro benzene ring substituents is 1. The summed E-state index contributed by atoms with van der Waals surface area (Å²) in [7, 11) is 0. The number of nitro groups is 1. The Morgan fingerprint density at radius 1 is 1.10 bits per heavy atom. The fourth-order valence-electron chi connectivity index (χ4n) is 3.17. The smallest absolute Gasteiger partial charge is 0.270 e. The molecule has 0 radical (unpaired) electrons. The van der Waals surface area contributed by atoms with Crippen LogP contribution in [0.5, 0.6) is 0 Å². The van der Waals surface area contributed by atoms with Gasteiger partial charge < -0.3 is 10.2 Å². The predicted octanol–water partition coefficient (Wildman–Crippen LogP) is 3.02. The van der Waals surface area contributed by atoms with Crippen LogP contribution in [0, 0.1) is 10.1 Å². The van der Waals surface area contributed by atoms with Crippen LogP contribution >= 0.6 is 11.8 Å². The Balaban J connectivity index is 1.50. The molecular formula is C21H23N5O4S. The van der Waals surface area contributed by atoms with Gasteiger partial charge in [0.25, 0.3) is 5.69 Å². The molecule has 1 aliphatic heterocycles. The van der Waals surface area contributed by atoms with Gasteiger partial charge in [-0.25, -0.2) is 5.43 Å². The van der Waals surface area contributed by atoms with E-state index >= 15 is 0 Å². The molecule has 2 aromatic carbocycles. The number of benzene rings is 2. The van der Waals surface area contributed by atoms with Gasteiger partial charge >= 0.3 is 0 Å². The summed E-state index contributed by atoms with van der Waals surface area (Å²) in [5.41, 5.74) is 4.51. The highest BCUT2D eigenvalue weighted by Gasteiger charge is 2.18. The van der Waals surface area contributed by atoms with Gasteiger partial charge in [-0.2, -0.15) is 5.10 Å². The van der Waals surface area contributed by atoms with Crippen LogP contribution in [0.3, 0.4) is 0 Å². The summed E-state index contributed by atoms with van der Waals surface area (Å²) in [6.07, 6.45) is 3.56. The number of nitrogens with one attached hydrogen (secondary N) is 2. The van der Waals surface area contributed by atoms with Crippen LogP contribution in [0.15, 0.2) is 53.6 Å². The maximum absolute atomic E-state index is 12.0. The average Bonchev–Trinajstić information content (AvgIpc) is 3.29. The average molecular weight is 442 g/mol. The van der Waals surface area contributed by atoms with Gasteiger partial charge in [-0.15, -0.1) is 11.8 Å². The number of thioether (sulfide) groups is 1. The minimum absolute atomic E-state index is 0.0318. The van der Waals surface area contributed by atoms with Crippen LogP contribution in [0.2, 0.25) is 0 Å². The summed E-state index contributed by atoms with van der Waals surface area (Å²) in [5, 5.41) is 17.8. The predicted molar refractivity (Wildman–Crippen MR) is 123 cm³/mol. The van der Waals surface area contributed by atoms with Crippen molar-refractivity contribution in [1.82, 2.24) is 5.43 Å². The van der Waals surface area contributed by atoms with Gasteiger partial charge in [-0.05, 0) is 31.0 Å². The molecule has 1 fully saturated rings. The Bertz CT molecular complexity index is 961. The Morgan fingerprint density at radius 2 is 1.81 bits per heavy atom. The second-order valence-electron chi connectivity index (χ2n) is 6.89. The number of amides is 2. The lowest BCUT2D eigenvalue weighted by Gasteiger charge is -2.19. The van der Waals surface area contributed by atoms with E-state index in [9.17, 15) is 19.7 Å². The van der Waals surface area contributed by atoms with Crippen molar-refractivity contribution in [2.75, 3.05) is 34.8 Å². The summed E-state index contributed by atoms with van der Waals surface area (Å²) in [5.74, 6) is -0.356. The molecule has 1 aliphatic rings. The molecule has 2 N–H and O–H groups in total. The number of anilines is 2. The zero-order valence-corrected chi connectivity index (χ0v) is 17.6. The number of carbonyl (C=O) groups is 2. The molecule has 2 aromatic rings. The molecule has 1 saturated heterocycles. The Labute approximate surface area is 184 Å². The molecule has 162 valence electrons. The van der Waals surface area contributed by atoms with Crippen molar-refractivity contribution >= 4 is 46.9 Å². The normalized spacial score (nSPS) is 13.4. The van der Waals surface area contributed by atoms with E-state index in [4.69, 9.17) is 0 Å². The lowest BCUT2D eigenvalue weighted by atomic mass is 10.1. The van der Waals surface area contributed by atoms with Crippen LogP contribution in [0.1, 0.15) is 18.4 Å². The number of non-ortho nitro benzene ring substituents is 1.